The van der Waals surface area contributed by atoms with Crippen molar-refractivity contribution in [1.82, 2.24) is 10.4 Å². The first-order valence-corrected chi connectivity index (χ1v) is 11.1. The van der Waals surface area contributed by atoms with E-state index in [9.17, 15) is 4.79 Å². The number of benzene rings is 3. The summed E-state index contributed by atoms with van der Waals surface area (Å²) in [6.45, 7) is 8.95. The fourth-order valence-electron chi connectivity index (χ4n) is 3.86. The van der Waals surface area contributed by atoms with E-state index in [0.717, 1.165) is 38.9 Å². The molecular weight excluding hydrogens is 410 g/mol. The number of carbonyl (C=O) groups is 1. The van der Waals surface area contributed by atoms with E-state index in [0.29, 0.717) is 18.1 Å². The smallest absolute Gasteiger partial charge is 0.271 e. The molecule has 1 aromatic heterocycles. The number of ether oxygens (including phenoxy) is 1. The third kappa shape index (κ3) is 5.32. The summed E-state index contributed by atoms with van der Waals surface area (Å²) in [5.41, 5.74) is 9.59. The van der Waals surface area contributed by atoms with Gasteiger partial charge in [-0.05, 0) is 84.0 Å². The number of nitrogens with one attached hydrogen (secondary N) is 2. The summed E-state index contributed by atoms with van der Waals surface area (Å²) in [5, 5.41) is 5.13. The molecule has 33 heavy (non-hydrogen) atoms. The van der Waals surface area contributed by atoms with Crippen LogP contribution in [0.4, 0.5) is 0 Å². The second-order valence-corrected chi connectivity index (χ2v) is 8.65. The van der Waals surface area contributed by atoms with Crippen LogP contribution in [0.15, 0.2) is 72.0 Å². The Balaban J connectivity index is 1.38. The van der Waals surface area contributed by atoms with Crippen molar-refractivity contribution in [2.45, 2.75) is 40.2 Å². The molecule has 0 aliphatic rings. The molecule has 0 unspecified atom stereocenters. The van der Waals surface area contributed by atoms with Gasteiger partial charge in [-0.1, -0.05) is 38.1 Å². The Bertz CT molecular complexity index is 1280. The maximum atomic E-state index is 12.4. The molecule has 0 radical (unpaired) electrons. The van der Waals surface area contributed by atoms with Crippen LogP contribution in [-0.2, 0) is 6.61 Å². The van der Waals surface area contributed by atoms with Crippen molar-refractivity contribution in [3.8, 4) is 5.75 Å². The van der Waals surface area contributed by atoms with Crippen LogP contribution in [-0.4, -0.2) is 17.1 Å². The van der Waals surface area contributed by atoms with Crippen molar-refractivity contribution in [3.05, 3.63) is 100 Å². The van der Waals surface area contributed by atoms with Gasteiger partial charge in [0.15, 0.2) is 0 Å². The highest BCUT2D eigenvalue weighted by molar-refractivity contribution is 5.98. The second-order valence-electron chi connectivity index (χ2n) is 8.65. The number of hydrogen-bond acceptors (Lipinski definition) is 3. The average molecular weight is 440 g/mol. The lowest BCUT2D eigenvalue weighted by Crippen LogP contribution is -2.17. The monoisotopic (exact) mass is 439 g/mol. The van der Waals surface area contributed by atoms with Gasteiger partial charge in [-0.25, -0.2) is 5.43 Å². The SMILES string of the molecule is Cc1cc(/C=N/NC(=O)c2ccc3[nH]ccc3c2)cc(C)c1OCc1ccc(C(C)C)cc1. The molecule has 1 amide bonds. The summed E-state index contributed by atoms with van der Waals surface area (Å²) in [6.07, 6.45) is 3.51. The highest BCUT2D eigenvalue weighted by Crippen LogP contribution is 2.26. The van der Waals surface area contributed by atoms with Gasteiger partial charge in [0.25, 0.3) is 5.91 Å². The standard InChI is InChI=1S/C28H29N3O2/c1-18(2)23-7-5-21(6-8-23)17-33-27-19(3)13-22(14-20(27)4)16-30-31-28(32)25-9-10-26-24(15-25)11-12-29-26/h5-16,18,29H,17H2,1-4H3,(H,31,32)/b30-16+. The van der Waals surface area contributed by atoms with E-state index >= 15 is 0 Å². The van der Waals surface area contributed by atoms with Crippen molar-refractivity contribution in [1.29, 1.82) is 0 Å². The molecule has 4 rings (SSSR count). The number of aromatic nitrogens is 1. The average Bonchev–Trinajstić information content (AvgIpc) is 3.26. The topological polar surface area (TPSA) is 66.5 Å². The van der Waals surface area contributed by atoms with Crippen molar-refractivity contribution >= 4 is 23.0 Å². The van der Waals surface area contributed by atoms with Gasteiger partial charge in [-0.2, -0.15) is 5.10 Å². The Morgan fingerprint density at radius 2 is 1.76 bits per heavy atom. The Kier molecular flexibility index (Phi) is 6.59. The van der Waals surface area contributed by atoms with Crippen LogP contribution >= 0.6 is 0 Å². The molecule has 1 heterocycles. The fourth-order valence-corrected chi connectivity index (χ4v) is 3.86. The van der Waals surface area contributed by atoms with Gasteiger partial charge in [-0.15, -0.1) is 0 Å². The van der Waals surface area contributed by atoms with Crippen LogP contribution in [0.1, 0.15) is 57.9 Å². The van der Waals surface area contributed by atoms with Gasteiger partial charge < -0.3 is 9.72 Å². The fraction of sp³-hybridized carbons (Fsp3) is 0.214. The molecule has 5 nitrogen and oxygen atoms in total. The lowest BCUT2D eigenvalue weighted by atomic mass is 10.0. The number of rotatable bonds is 7. The normalized spacial score (nSPS) is 11.4. The minimum absolute atomic E-state index is 0.244. The maximum Gasteiger partial charge on any atom is 0.271 e. The van der Waals surface area contributed by atoms with Crippen LogP contribution in [0.3, 0.4) is 0 Å². The minimum Gasteiger partial charge on any atom is -0.488 e. The summed E-state index contributed by atoms with van der Waals surface area (Å²) in [5.74, 6) is 1.15. The van der Waals surface area contributed by atoms with E-state index in [4.69, 9.17) is 4.74 Å². The van der Waals surface area contributed by atoms with Crippen LogP contribution < -0.4 is 10.2 Å². The molecule has 0 spiro atoms. The number of aromatic amines is 1. The molecule has 0 fully saturated rings. The quantitative estimate of drug-likeness (QED) is 0.264. The molecule has 5 heteroatoms. The summed E-state index contributed by atoms with van der Waals surface area (Å²) in [4.78, 5) is 15.5. The van der Waals surface area contributed by atoms with E-state index in [1.54, 1.807) is 12.3 Å². The molecular formula is C28H29N3O2. The predicted molar refractivity (Wildman–Crippen MR) is 134 cm³/mol. The third-order valence-corrected chi connectivity index (χ3v) is 5.71. The summed E-state index contributed by atoms with van der Waals surface area (Å²) in [6, 6.07) is 20.0. The molecule has 3 aromatic carbocycles. The number of fused-ring (bicyclic) bond motifs is 1. The van der Waals surface area contributed by atoms with Crippen molar-refractivity contribution in [3.63, 3.8) is 0 Å². The van der Waals surface area contributed by atoms with Gasteiger partial charge >= 0.3 is 0 Å². The van der Waals surface area contributed by atoms with E-state index in [-0.39, 0.29) is 5.91 Å². The molecule has 0 atom stereocenters. The number of H-pyrrole nitrogens is 1. The van der Waals surface area contributed by atoms with Gasteiger partial charge in [-0.3, -0.25) is 4.79 Å². The Hall–Kier alpha value is -3.86. The first-order chi connectivity index (χ1) is 15.9. The first kappa shape index (κ1) is 22.3. The van der Waals surface area contributed by atoms with E-state index in [2.05, 4.69) is 53.6 Å². The number of nitrogens with zero attached hydrogens (tertiary/aromatic N) is 1. The number of amides is 1. The van der Waals surface area contributed by atoms with E-state index < -0.39 is 0 Å². The zero-order valence-electron chi connectivity index (χ0n) is 19.5. The first-order valence-electron chi connectivity index (χ1n) is 11.1. The van der Waals surface area contributed by atoms with Crippen LogP contribution in [0, 0.1) is 13.8 Å². The van der Waals surface area contributed by atoms with Crippen LogP contribution in [0.2, 0.25) is 0 Å². The van der Waals surface area contributed by atoms with Gasteiger partial charge in [0.1, 0.15) is 12.4 Å². The zero-order chi connectivity index (χ0) is 23.4. The van der Waals surface area contributed by atoms with E-state index in [1.807, 2.05) is 50.4 Å². The Labute approximate surface area is 194 Å². The van der Waals surface area contributed by atoms with E-state index in [1.165, 1.54) is 5.56 Å². The minimum atomic E-state index is -0.244. The maximum absolute atomic E-state index is 12.4. The second kappa shape index (κ2) is 9.74. The number of hydrogen-bond donors (Lipinski definition) is 2. The molecule has 0 bridgehead atoms. The van der Waals surface area contributed by atoms with Gasteiger partial charge in [0, 0.05) is 22.7 Å². The molecule has 0 aliphatic carbocycles. The molecule has 168 valence electrons. The van der Waals surface area contributed by atoms with Crippen molar-refractivity contribution < 1.29 is 9.53 Å². The zero-order valence-corrected chi connectivity index (χ0v) is 19.5. The highest BCUT2D eigenvalue weighted by Gasteiger charge is 2.08. The third-order valence-electron chi connectivity index (χ3n) is 5.71. The highest BCUT2D eigenvalue weighted by atomic mass is 16.5. The predicted octanol–water partition coefficient (Wildman–Crippen LogP) is 6.25. The lowest BCUT2D eigenvalue weighted by molar-refractivity contribution is 0.0955. The molecule has 0 saturated heterocycles. The number of carbonyl (C=O) groups excluding carboxylic acids is 1. The molecule has 0 aliphatic heterocycles. The molecule has 4 aromatic rings. The summed E-state index contributed by atoms with van der Waals surface area (Å²) < 4.78 is 6.12. The Morgan fingerprint density at radius 3 is 2.45 bits per heavy atom. The van der Waals surface area contributed by atoms with Crippen molar-refractivity contribution in [2.24, 2.45) is 5.10 Å². The van der Waals surface area contributed by atoms with Gasteiger partial charge in [0.05, 0.1) is 6.21 Å². The summed E-state index contributed by atoms with van der Waals surface area (Å²) in [7, 11) is 0. The largest absolute Gasteiger partial charge is 0.488 e. The van der Waals surface area contributed by atoms with Gasteiger partial charge in [0.2, 0.25) is 0 Å². The van der Waals surface area contributed by atoms with Crippen LogP contribution in [0.5, 0.6) is 5.75 Å². The molecule has 0 saturated carbocycles. The van der Waals surface area contributed by atoms with Crippen molar-refractivity contribution in [2.75, 3.05) is 0 Å². The summed E-state index contributed by atoms with van der Waals surface area (Å²) >= 11 is 0. The number of aryl methyl sites for hydroxylation is 2. The Morgan fingerprint density at radius 1 is 1.03 bits per heavy atom. The lowest BCUT2D eigenvalue weighted by Gasteiger charge is -2.14. The molecule has 2 N–H and O–H groups in total. The van der Waals surface area contributed by atoms with Crippen LogP contribution in [0.25, 0.3) is 10.9 Å². The number of hydrazone groups is 1.